The Morgan fingerprint density at radius 2 is 2.14 bits per heavy atom. The second kappa shape index (κ2) is 6.61. The summed E-state index contributed by atoms with van der Waals surface area (Å²) in [5.41, 5.74) is 2.14. The summed E-state index contributed by atoms with van der Waals surface area (Å²) in [6, 6.07) is 7.78. The molecule has 2 atom stereocenters. The summed E-state index contributed by atoms with van der Waals surface area (Å²) in [7, 11) is 0. The van der Waals surface area contributed by atoms with Gasteiger partial charge in [-0.1, -0.05) is 18.2 Å². The molecule has 2 unspecified atom stereocenters. The molecule has 114 valence electrons. The minimum absolute atomic E-state index is 0.0631. The topological polar surface area (TPSA) is 69.6 Å². The zero-order chi connectivity index (χ0) is 15.4. The molecule has 0 aliphatic carbocycles. The van der Waals surface area contributed by atoms with Gasteiger partial charge >= 0.3 is 12.0 Å². The number of carbonyl (C=O) groups is 2. The molecule has 1 aromatic carbocycles. The van der Waals surface area contributed by atoms with Crippen molar-refractivity contribution in [3.8, 4) is 0 Å². The van der Waals surface area contributed by atoms with E-state index in [0.29, 0.717) is 6.42 Å². The Morgan fingerprint density at radius 1 is 1.43 bits per heavy atom. The number of carboxylic acid groups (broad SMARTS) is 1. The standard InChI is InChI=1S/C16H22N2O3/c1-11(7-10-15(19)20)17-16(21)18-12(2)8-9-13-5-3-4-6-14(13)18/h3-6,11-12H,7-10H2,1-2H3,(H,17,21)(H,19,20). The molecule has 2 amide bonds. The van der Waals surface area contributed by atoms with Crippen LogP contribution in [0.5, 0.6) is 0 Å². The maximum atomic E-state index is 12.5. The number of aliphatic carboxylic acids is 1. The number of anilines is 1. The van der Waals surface area contributed by atoms with Crippen molar-refractivity contribution < 1.29 is 14.7 Å². The van der Waals surface area contributed by atoms with Crippen LogP contribution in [-0.4, -0.2) is 29.2 Å². The number of aryl methyl sites for hydroxylation is 1. The average molecular weight is 290 g/mol. The molecule has 0 bridgehead atoms. The first-order valence-corrected chi connectivity index (χ1v) is 7.38. The van der Waals surface area contributed by atoms with E-state index in [1.165, 1.54) is 5.56 Å². The molecule has 0 aromatic heterocycles. The number of carboxylic acids is 1. The van der Waals surface area contributed by atoms with Crippen molar-refractivity contribution in [3.05, 3.63) is 29.8 Å². The van der Waals surface area contributed by atoms with E-state index in [2.05, 4.69) is 11.4 Å². The summed E-state index contributed by atoms with van der Waals surface area (Å²) in [5, 5.41) is 11.6. The van der Waals surface area contributed by atoms with E-state index in [9.17, 15) is 9.59 Å². The predicted octanol–water partition coefficient (Wildman–Crippen LogP) is 2.79. The Hall–Kier alpha value is -2.04. The van der Waals surface area contributed by atoms with E-state index >= 15 is 0 Å². The number of urea groups is 1. The molecule has 5 nitrogen and oxygen atoms in total. The van der Waals surface area contributed by atoms with Gasteiger partial charge in [0.15, 0.2) is 0 Å². The maximum absolute atomic E-state index is 12.5. The van der Waals surface area contributed by atoms with Gasteiger partial charge in [-0.25, -0.2) is 4.79 Å². The molecule has 1 aliphatic heterocycles. The van der Waals surface area contributed by atoms with Crippen LogP contribution in [0.1, 0.15) is 38.7 Å². The third-order valence-electron chi connectivity index (χ3n) is 3.90. The zero-order valence-corrected chi connectivity index (χ0v) is 12.5. The van der Waals surface area contributed by atoms with Gasteiger partial charge in [-0.05, 0) is 44.7 Å². The van der Waals surface area contributed by atoms with Crippen molar-refractivity contribution in [2.45, 2.75) is 51.6 Å². The van der Waals surface area contributed by atoms with Crippen molar-refractivity contribution >= 4 is 17.7 Å². The Bertz CT molecular complexity index is 530. The minimum atomic E-state index is -0.840. The Balaban J connectivity index is 2.06. The summed E-state index contributed by atoms with van der Waals surface area (Å²) < 4.78 is 0. The number of nitrogens with zero attached hydrogens (tertiary/aromatic N) is 1. The molecule has 0 radical (unpaired) electrons. The van der Waals surface area contributed by atoms with E-state index in [4.69, 9.17) is 5.11 Å². The molecule has 0 saturated carbocycles. The molecular formula is C16H22N2O3. The van der Waals surface area contributed by atoms with Gasteiger partial charge < -0.3 is 10.4 Å². The normalized spacial score (nSPS) is 18.8. The number of carbonyl (C=O) groups excluding carboxylic acids is 1. The molecule has 5 heteroatoms. The van der Waals surface area contributed by atoms with Crippen LogP contribution in [0.4, 0.5) is 10.5 Å². The van der Waals surface area contributed by atoms with Crippen LogP contribution in [0.2, 0.25) is 0 Å². The maximum Gasteiger partial charge on any atom is 0.322 e. The zero-order valence-electron chi connectivity index (χ0n) is 12.5. The molecular weight excluding hydrogens is 268 g/mol. The number of nitrogens with one attached hydrogen (secondary N) is 1. The van der Waals surface area contributed by atoms with Crippen molar-refractivity contribution in [1.29, 1.82) is 0 Å². The second-order valence-corrected chi connectivity index (χ2v) is 5.67. The summed E-state index contributed by atoms with van der Waals surface area (Å²) >= 11 is 0. The van der Waals surface area contributed by atoms with Gasteiger partial charge in [0.1, 0.15) is 0 Å². The Labute approximate surface area is 125 Å². The highest BCUT2D eigenvalue weighted by Gasteiger charge is 2.28. The molecule has 1 aromatic rings. The van der Waals surface area contributed by atoms with Gasteiger partial charge in [0, 0.05) is 24.2 Å². The first-order chi connectivity index (χ1) is 9.99. The lowest BCUT2D eigenvalue weighted by Crippen LogP contribution is -2.50. The fourth-order valence-electron chi connectivity index (χ4n) is 2.69. The van der Waals surface area contributed by atoms with E-state index in [1.807, 2.05) is 32.0 Å². The van der Waals surface area contributed by atoms with Crippen molar-refractivity contribution in [2.24, 2.45) is 0 Å². The number of benzene rings is 1. The largest absolute Gasteiger partial charge is 0.481 e. The van der Waals surface area contributed by atoms with Crippen LogP contribution >= 0.6 is 0 Å². The van der Waals surface area contributed by atoms with Gasteiger partial charge in [0.05, 0.1) is 0 Å². The second-order valence-electron chi connectivity index (χ2n) is 5.67. The first kappa shape index (κ1) is 15.4. The van der Waals surface area contributed by atoms with Gasteiger partial charge in [0.25, 0.3) is 0 Å². The smallest absolute Gasteiger partial charge is 0.322 e. The lowest BCUT2D eigenvalue weighted by atomic mass is 9.97. The SMILES string of the molecule is CC(CCC(=O)O)NC(=O)N1c2ccccc2CCC1C. The van der Waals surface area contributed by atoms with Gasteiger partial charge in [-0.15, -0.1) is 0 Å². The van der Waals surface area contributed by atoms with E-state index < -0.39 is 5.97 Å². The molecule has 1 aliphatic rings. The number of hydrogen-bond donors (Lipinski definition) is 2. The van der Waals surface area contributed by atoms with Gasteiger partial charge in [0.2, 0.25) is 0 Å². The number of amides is 2. The lowest BCUT2D eigenvalue weighted by molar-refractivity contribution is -0.137. The monoisotopic (exact) mass is 290 g/mol. The van der Waals surface area contributed by atoms with E-state index in [0.717, 1.165) is 18.5 Å². The quantitative estimate of drug-likeness (QED) is 0.896. The third-order valence-corrected chi connectivity index (χ3v) is 3.90. The highest BCUT2D eigenvalue weighted by atomic mass is 16.4. The number of rotatable bonds is 4. The van der Waals surface area contributed by atoms with E-state index in [-0.39, 0.29) is 24.5 Å². The minimum Gasteiger partial charge on any atom is -0.481 e. The van der Waals surface area contributed by atoms with E-state index in [1.54, 1.807) is 4.90 Å². The average Bonchev–Trinajstić information content (AvgIpc) is 2.44. The van der Waals surface area contributed by atoms with Crippen LogP contribution in [0.25, 0.3) is 0 Å². The molecule has 2 rings (SSSR count). The van der Waals surface area contributed by atoms with Crippen LogP contribution in [0.3, 0.4) is 0 Å². The van der Waals surface area contributed by atoms with Gasteiger partial charge in [-0.2, -0.15) is 0 Å². The van der Waals surface area contributed by atoms with Crippen molar-refractivity contribution in [3.63, 3.8) is 0 Å². The van der Waals surface area contributed by atoms with Crippen LogP contribution < -0.4 is 10.2 Å². The number of hydrogen-bond acceptors (Lipinski definition) is 2. The Kier molecular flexibility index (Phi) is 4.83. The Morgan fingerprint density at radius 3 is 2.86 bits per heavy atom. The summed E-state index contributed by atoms with van der Waals surface area (Å²) in [5.74, 6) is -0.840. The van der Waals surface area contributed by atoms with Crippen LogP contribution in [0.15, 0.2) is 24.3 Å². The van der Waals surface area contributed by atoms with Crippen LogP contribution in [-0.2, 0) is 11.2 Å². The molecule has 0 saturated heterocycles. The first-order valence-electron chi connectivity index (χ1n) is 7.38. The highest BCUT2D eigenvalue weighted by molar-refractivity contribution is 5.94. The van der Waals surface area contributed by atoms with Crippen LogP contribution in [0, 0.1) is 0 Å². The highest BCUT2D eigenvalue weighted by Crippen LogP contribution is 2.30. The van der Waals surface area contributed by atoms with Gasteiger partial charge in [-0.3, -0.25) is 9.69 Å². The molecule has 0 fully saturated rings. The molecule has 1 heterocycles. The predicted molar refractivity (Wildman–Crippen MR) is 81.6 cm³/mol. The fourth-order valence-corrected chi connectivity index (χ4v) is 2.69. The molecule has 0 spiro atoms. The third kappa shape index (κ3) is 3.74. The molecule has 21 heavy (non-hydrogen) atoms. The summed E-state index contributed by atoms with van der Waals surface area (Å²) in [6.45, 7) is 3.87. The van der Waals surface area contributed by atoms with Crippen molar-refractivity contribution in [2.75, 3.05) is 4.90 Å². The summed E-state index contributed by atoms with van der Waals surface area (Å²) in [6.07, 6.45) is 2.42. The van der Waals surface area contributed by atoms with Crippen molar-refractivity contribution in [1.82, 2.24) is 5.32 Å². The number of para-hydroxylation sites is 1. The number of fused-ring (bicyclic) bond motifs is 1. The lowest BCUT2D eigenvalue weighted by Gasteiger charge is -2.36. The molecule has 2 N–H and O–H groups in total. The summed E-state index contributed by atoms with van der Waals surface area (Å²) in [4.78, 5) is 24.9. The fraction of sp³-hybridized carbons (Fsp3) is 0.500.